The van der Waals surface area contributed by atoms with Crippen molar-refractivity contribution in [1.82, 2.24) is 0 Å². The van der Waals surface area contributed by atoms with Crippen molar-refractivity contribution in [2.24, 2.45) is 0 Å². The summed E-state index contributed by atoms with van der Waals surface area (Å²) in [4.78, 5) is 0. The molecule has 0 aromatic heterocycles. The summed E-state index contributed by atoms with van der Waals surface area (Å²) in [5, 5.41) is 0. The van der Waals surface area contributed by atoms with Gasteiger partial charge in [0, 0.05) is 11.8 Å². The van der Waals surface area contributed by atoms with Crippen LogP contribution in [0.15, 0.2) is 0 Å². The molecule has 0 aliphatic carbocycles. The van der Waals surface area contributed by atoms with E-state index in [-0.39, 0.29) is 0 Å². The molecule has 3 radical (unpaired) electrons. The summed E-state index contributed by atoms with van der Waals surface area (Å²) in [5.41, 5.74) is 0. The zero-order chi connectivity index (χ0) is 6.83. The van der Waals surface area contributed by atoms with E-state index in [1.165, 1.54) is 15.6 Å². The molecule has 0 aliphatic heterocycles. The Morgan fingerprint density at radius 2 is 1.12 bits per heavy atom. The van der Waals surface area contributed by atoms with Crippen LogP contribution in [-0.2, 0) is 0 Å². The molecule has 0 atom stereocenters. The number of hydrogen-bond donors (Lipinski definition) is 0. The van der Waals surface area contributed by atoms with E-state index < -0.39 is 0 Å². The van der Waals surface area contributed by atoms with Crippen molar-refractivity contribution in [1.29, 1.82) is 0 Å². The summed E-state index contributed by atoms with van der Waals surface area (Å²) in [5.74, 6) is 1.49. The Hall–Kier alpha value is 1.41. The topological polar surface area (TPSA) is 0 Å². The Kier molecular flexibility index (Phi) is 23.9. The molecule has 0 nitrogen and oxygen atoms in total. The quantitative estimate of drug-likeness (QED) is 0.400. The second-order valence-corrected chi connectivity index (χ2v) is 1.84. The molecule has 0 aromatic rings. The Morgan fingerprint density at radius 1 is 0.875 bits per heavy atom. The fourth-order valence-corrected chi connectivity index (χ4v) is 0.567. The third-order valence-corrected chi connectivity index (χ3v) is 1.05. The van der Waals surface area contributed by atoms with E-state index in [1.807, 2.05) is 0 Å². The summed E-state index contributed by atoms with van der Waals surface area (Å²) >= 11 is 12.1. The number of rotatable bonds is 3. The predicted molar refractivity (Wildman–Crippen MR) is 42.3 cm³/mol. The molecule has 0 spiro atoms. The minimum atomic E-state index is 0.743. The summed E-state index contributed by atoms with van der Waals surface area (Å²) in [6.45, 7) is 0. The van der Waals surface area contributed by atoms with Crippen LogP contribution >= 0.6 is 33.2 Å². The second kappa shape index (κ2) is 15.8. The first-order chi connectivity index (χ1) is 3.91. The monoisotopic (exact) mass is 235 g/mol. The predicted octanol–water partition coefficient (Wildman–Crippen LogP) is 2.55. The van der Waals surface area contributed by atoms with Gasteiger partial charge in [0.1, 0.15) is 0 Å². The molecule has 0 bridgehead atoms. The van der Waals surface area contributed by atoms with Gasteiger partial charge in [-0.15, -0.1) is 23.2 Å². The van der Waals surface area contributed by atoms with E-state index >= 15 is 0 Å². The number of alkyl halides is 2. The zero-order valence-electron chi connectivity index (χ0n) is 4.46. The van der Waals surface area contributed by atoms with Gasteiger partial charge < -0.3 is 0 Å². The average molecular weight is 235 g/mol. The van der Waals surface area contributed by atoms with E-state index in [1.54, 1.807) is 0 Å². The van der Waals surface area contributed by atoms with Crippen LogP contribution in [0.4, 0.5) is 0 Å². The van der Waals surface area contributed by atoms with Crippen LogP contribution in [0, 0.1) is 0 Å². The van der Waals surface area contributed by atoms with Crippen LogP contribution in [0.3, 0.4) is 0 Å². The zero-order valence-corrected chi connectivity index (χ0v) is 8.83. The molecule has 0 N–H and O–H groups in total. The normalized spacial score (nSPS) is 7.50. The molecule has 4 heteroatoms. The van der Waals surface area contributed by atoms with E-state index in [9.17, 15) is 0 Å². The minimum absolute atomic E-state index is 0.743. The SMILES string of the molecule is ClCCCCCl.[Cl][Ge]. The fourth-order valence-electron chi connectivity index (χ4n) is 0.189. The Labute approximate surface area is 73.3 Å². The summed E-state index contributed by atoms with van der Waals surface area (Å²) < 4.78 is 0. The summed E-state index contributed by atoms with van der Waals surface area (Å²) in [6.07, 6.45) is 2.09. The molecular weight excluding hydrogens is 227 g/mol. The van der Waals surface area contributed by atoms with E-state index in [2.05, 4.69) is 10.0 Å². The third kappa shape index (κ3) is 15.7. The molecule has 0 saturated heterocycles. The Balaban J connectivity index is 0. The number of hydrogen-bond acceptors (Lipinski definition) is 0. The van der Waals surface area contributed by atoms with Gasteiger partial charge in [0.2, 0.25) is 0 Å². The van der Waals surface area contributed by atoms with Gasteiger partial charge >= 0.3 is 25.6 Å². The van der Waals surface area contributed by atoms with Gasteiger partial charge in [0.25, 0.3) is 0 Å². The number of halogens is 3. The third-order valence-electron chi connectivity index (χ3n) is 0.517. The van der Waals surface area contributed by atoms with Crippen molar-refractivity contribution < 1.29 is 0 Å². The second-order valence-electron chi connectivity index (χ2n) is 1.09. The van der Waals surface area contributed by atoms with E-state index in [0.717, 1.165) is 24.6 Å². The Morgan fingerprint density at radius 3 is 1.25 bits per heavy atom. The van der Waals surface area contributed by atoms with Crippen LogP contribution in [0.2, 0.25) is 0 Å². The molecule has 0 aromatic carbocycles. The van der Waals surface area contributed by atoms with Gasteiger partial charge in [-0.3, -0.25) is 0 Å². The van der Waals surface area contributed by atoms with Gasteiger partial charge in [-0.05, 0) is 12.8 Å². The van der Waals surface area contributed by atoms with Crippen LogP contribution in [-0.4, -0.2) is 27.3 Å². The van der Waals surface area contributed by atoms with Crippen molar-refractivity contribution in [2.45, 2.75) is 12.8 Å². The van der Waals surface area contributed by atoms with Gasteiger partial charge in [0.05, 0.1) is 0 Å². The molecule has 0 rings (SSSR count). The summed E-state index contributed by atoms with van der Waals surface area (Å²) in [7, 11) is 4.64. The maximum atomic E-state index is 5.32. The average Bonchev–Trinajstić information content (AvgIpc) is 1.88. The van der Waals surface area contributed by atoms with Crippen molar-refractivity contribution >= 4 is 48.8 Å². The molecule has 49 valence electrons. The molecule has 8 heavy (non-hydrogen) atoms. The van der Waals surface area contributed by atoms with Crippen LogP contribution in [0.1, 0.15) is 12.8 Å². The van der Waals surface area contributed by atoms with Crippen molar-refractivity contribution in [3.63, 3.8) is 0 Å². The molecule has 0 heterocycles. The molecular formula is C4H8Cl3Ge. The van der Waals surface area contributed by atoms with Crippen LogP contribution in [0.5, 0.6) is 0 Å². The van der Waals surface area contributed by atoms with Crippen molar-refractivity contribution in [2.75, 3.05) is 11.8 Å². The molecule has 0 fully saturated rings. The van der Waals surface area contributed by atoms with Gasteiger partial charge in [-0.25, -0.2) is 0 Å². The first-order valence-corrected chi connectivity index (χ1v) is 6.05. The van der Waals surface area contributed by atoms with Gasteiger partial charge in [-0.2, -0.15) is 0 Å². The standard InChI is InChI=1S/C4H8Cl2.ClGe/c5-3-1-2-4-6;1-2/h1-4H2;. The molecule has 0 unspecified atom stereocenters. The first kappa shape index (κ1) is 12.1. The summed E-state index contributed by atoms with van der Waals surface area (Å²) in [6, 6.07) is 0. The van der Waals surface area contributed by atoms with E-state index in [4.69, 9.17) is 23.2 Å². The van der Waals surface area contributed by atoms with Crippen molar-refractivity contribution in [3.05, 3.63) is 0 Å². The number of unbranched alkanes of at least 4 members (excludes halogenated alkanes) is 1. The van der Waals surface area contributed by atoms with Gasteiger partial charge in [0.15, 0.2) is 0 Å². The molecule has 0 aliphatic rings. The molecule has 0 amide bonds. The fraction of sp³-hybridized carbons (Fsp3) is 1.00. The Bertz CT molecular complexity index is 23.2. The van der Waals surface area contributed by atoms with Crippen molar-refractivity contribution in [3.8, 4) is 0 Å². The van der Waals surface area contributed by atoms with Crippen LogP contribution < -0.4 is 0 Å². The molecule has 0 saturated carbocycles. The first-order valence-electron chi connectivity index (χ1n) is 2.22. The van der Waals surface area contributed by atoms with Crippen LogP contribution in [0.25, 0.3) is 0 Å². The maximum absolute atomic E-state index is 5.32. The van der Waals surface area contributed by atoms with Gasteiger partial charge in [-0.1, -0.05) is 0 Å². The van der Waals surface area contributed by atoms with E-state index in [0.29, 0.717) is 0 Å².